The molecular weight excluding hydrogens is 329 g/mol. The number of nitrogens with zero attached hydrogens (tertiary/aromatic N) is 1. The number of nitro groups is 1. The van der Waals surface area contributed by atoms with Crippen molar-refractivity contribution < 1.29 is 14.4 Å². The molecule has 4 nitrogen and oxygen atoms in total. The van der Waals surface area contributed by atoms with Gasteiger partial charge in [-0.1, -0.05) is 24.3 Å². The highest BCUT2D eigenvalue weighted by Gasteiger charge is 2.17. The van der Waals surface area contributed by atoms with Crippen LogP contribution in [0.5, 0.6) is 0 Å². The lowest BCUT2D eigenvalue weighted by Gasteiger charge is -2.12. The van der Waals surface area contributed by atoms with Gasteiger partial charge in [0.15, 0.2) is 0 Å². The fourth-order valence-electron chi connectivity index (χ4n) is 1.91. The minimum absolute atomic E-state index is 0.0345. The molecule has 0 aliphatic heterocycles. The molecule has 0 aliphatic carbocycles. The van der Waals surface area contributed by atoms with E-state index in [9.17, 15) is 19.6 Å². The third-order valence-electron chi connectivity index (χ3n) is 2.93. The average Bonchev–Trinajstić information content (AvgIpc) is 2.42. The number of benzene rings is 2. The lowest BCUT2D eigenvalue weighted by atomic mass is 10.0. The van der Waals surface area contributed by atoms with Gasteiger partial charge in [-0.05, 0) is 33.6 Å². The van der Waals surface area contributed by atoms with Crippen molar-refractivity contribution in [3.63, 3.8) is 0 Å². The van der Waals surface area contributed by atoms with Crippen LogP contribution in [0, 0.1) is 15.9 Å². The zero-order valence-electron chi connectivity index (χ0n) is 10.3. The van der Waals surface area contributed by atoms with Gasteiger partial charge in [0.1, 0.15) is 5.82 Å². The zero-order valence-corrected chi connectivity index (χ0v) is 11.9. The van der Waals surface area contributed by atoms with Crippen LogP contribution in [0.1, 0.15) is 17.2 Å². The van der Waals surface area contributed by atoms with Crippen molar-refractivity contribution in [2.45, 2.75) is 12.5 Å². The van der Waals surface area contributed by atoms with Crippen LogP contribution in [0.4, 0.5) is 10.1 Å². The molecule has 0 fully saturated rings. The van der Waals surface area contributed by atoms with E-state index in [0.29, 0.717) is 11.1 Å². The average molecular weight is 340 g/mol. The zero-order chi connectivity index (χ0) is 14.7. The number of aliphatic hydroxyl groups is 1. The SMILES string of the molecule is O=[N+]([O-])c1ccccc1CC(O)c1ccc(F)c(Br)c1. The number of halogens is 2. The summed E-state index contributed by atoms with van der Waals surface area (Å²) in [5.41, 5.74) is 0.898. The van der Waals surface area contributed by atoms with Crippen LogP contribution in [0.15, 0.2) is 46.9 Å². The second-order valence-electron chi connectivity index (χ2n) is 4.28. The molecule has 0 radical (unpaired) electrons. The van der Waals surface area contributed by atoms with Gasteiger partial charge in [0.25, 0.3) is 5.69 Å². The minimum atomic E-state index is -0.937. The van der Waals surface area contributed by atoms with Gasteiger partial charge in [-0.3, -0.25) is 10.1 Å². The van der Waals surface area contributed by atoms with Crippen molar-refractivity contribution in [2.75, 3.05) is 0 Å². The molecule has 0 amide bonds. The monoisotopic (exact) mass is 339 g/mol. The summed E-state index contributed by atoms with van der Waals surface area (Å²) in [7, 11) is 0. The van der Waals surface area contributed by atoms with Gasteiger partial charge < -0.3 is 5.11 Å². The lowest BCUT2D eigenvalue weighted by molar-refractivity contribution is -0.385. The van der Waals surface area contributed by atoms with Gasteiger partial charge in [0, 0.05) is 18.1 Å². The highest BCUT2D eigenvalue weighted by molar-refractivity contribution is 9.10. The van der Waals surface area contributed by atoms with Crippen molar-refractivity contribution in [1.82, 2.24) is 0 Å². The van der Waals surface area contributed by atoms with E-state index in [-0.39, 0.29) is 16.6 Å². The fourth-order valence-corrected chi connectivity index (χ4v) is 2.30. The maximum absolute atomic E-state index is 13.1. The summed E-state index contributed by atoms with van der Waals surface area (Å²) in [5, 5.41) is 21.0. The molecule has 0 saturated heterocycles. The molecule has 0 heterocycles. The molecule has 1 unspecified atom stereocenters. The smallest absolute Gasteiger partial charge is 0.272 e. The van der Waals surface area contributed by atoms with E-state index in [0.717, 1.165) is 0 Å². The molecule has 1 atom stereocenters. The molecule has 0 bridgehead atoms. The lowest BCUT2D eigenvalue weighted by Crippen LogP contribution is -2.04. The molecule has 0 spiro atoms. The van der Waals surface area contributed by atoms with Crippen molar-refractivity contribution in [2.24, 2.45) is 0 Å². The molecule has 2 aromatic rings. The number of aliphatic hydroxyl groups excluding tert-OH is 1. The summed E-state index contributed by atoms with van der Waals surface area (Å²) in [6.07, 6.45) is -0.845. The van der Waals surface area contributed by atoms with E-state index in [1.54, 1.807) is 18.2 Å². The van der Waals surface area contributed by atoms with Crippen LogP contribution >= 0.6 is 15.9 Å². The first-order chi connectivity index (χ1) is 9.49. The Bertz CT molecular complexity index is 648. The van der Waals surface area contributed by atoms with Gasteiger partial charge in [-0.2, -0.15) is 0 Å². The Labute approximate surface area is 123 Å². The van der Waals surface area contributed by atoms with Crippen molar-refractivity contribution >= 4 is 21.6 Å². The molecule has 2 aromatic carbocycles. The van der Waals surface area contributed by atoms with Crippen LogP contribution < -0.4 is 0 Å². The van der Waals surface area contributed by atoms with Crippen molar-refractivity contribution in [3.05, 3.63) is 74.0 Å². The second-order valence-corrected chi connectivity index (χ2v) is 5.13. The maximum atomic E-state index is 13.1. The predicted molar refractivity (Wildman–Crippen MR) is 75.9 cm³/mol. The second kappa shape index (κ2) is 6.11. The first-order valence-electron chi connectivity index (χ1n) is 5.84. The van der Waals surface area contributed by atoms with Gasteiger partial charge >= 0.3 is 0 Å². The first-order valence-corrected chi connectivity index (χ1v) is 6.63. The van der Waals surface area contributed by atoms with E-state index < -0.39 is 16.8 Å². The first kappa shape index (κ1) is 14.6. The van der Waals surface area contributed by atoms with Gasteiger partial charge in [-0.25, -0.2) is 4.39 Å². The van der Waals surface area contributed by atoms with Crippen LogP contribution in [0.2, 0.25) is 0 Å². The van der Waals surface area contributed by atoms with Crippen LogP contribution in [0.25, 0.3) is 0 Å². The summed E-state index contributed by atoms with van der Waals surface area (Å²) in [5.74, 6) is -0.424. The molecular formula is C14H11BrFNO3. The molecule has 6 heteroatoms. The topological polar surface area (TPSA) is 63.4 Å². The van der Waals surface area contributed by atoms with Gasteiger partial charge in [-0.15, -0.1) is 0 Å². The Morgan fingerprint density at radius 2 is 2.00 bits per heavy atom. The summed E-state index contributed by atoms with van der Waals surface area (Å²) < 4.78 is 13.4. The number of para-hydroxylation sites is 1. The highest BCUT2D eigenvalue weighted by Crippen LogP contribution is 2.27. The largest absolute Gasteiger partial charge is 0.388 e. The molecule has 0 aromatic heterocycles. The quantitative estimate of drug-likeness (QED) is 0.681. The minimum Gasteiger partial charge on any atom is -0.388 e. The molecule has 0 saturated carbocycles. The van der Waals surface area contributed by atoms with Crippen LogP contribution in [-0.2, 0) is 6.42 Å². The Balaban J connectivity index is 2.25. The third kappa shape index (κ3) is 3.20. The van der Waals surface area contributed by atoms with Crippen LogP contribution in [-0.4, -0.2) is 10.0 Å². The number of hydrogen-bond donors (Lipinski definition) is 1. The highest BCUT2D eigenvalue weighted by atomic mass is 79.9. The Hall–Kier alpha value is -1.79. The Kier molecular flexibility index (Phi) is 4.46. The molecule has 1 N–H and O–H groups in total. The molecule has 2 rings (SSSR count). The Morgan fingerprint density at radius 3 is 2.65 bits per heavy atom. The van der Waals surface area contributed by atoms with Crippen LogP contribution in [0.3, 0.4) is 0 Å². The van der Waals surface area contributed by atoms with E-state index in [1.807, 2.05) is 0 Å². The maximum Gasteiger partial charge on any atom is 0.272 e. The molecule has 0 aliphatic rings. The van der Waals surface area contributed by atoms with E-state index >= 15 is 0 Å². The van der Waals surface area contributed by atoms with E-state index in [4.69, 9.17) is 0 Å². The summed E-state index contributed by atoms with van der Waals surface area (Å²) >= 11 is 3.04. The Morgan fingerprint density at radius 1 is 1.30 bits per heavy atom. The van der Waals surface area contributed by atoms with E-state index in [2.05, 4.69) is 15.9 Å². The number of hydrogen-bond acceptors (Lipinski definition) is 3. The predicted octanol–water partition coefficient (Wildman–Crippen LogP) is 3.77. The third-order valence-corrected chi connectivity index (χ3v) is 3.54. The number of nitro benzene ring substituents is 1. The summed E-state index contributed by atoms with van der Waals surface area (Å²) in [6.45, 7) is 0. The molecule has 104 valence electrons. The van der Waals surface area contributed by atoms with Crippen molar-refractivity contribution in [3.8, 4) is 0 Å². The summed E-state index contributed by atoms with van der Waals surface area (Å²) in [6, 6.07) is 10.4. The van der Waals surface area contributed by atoms with Crippen molar-refractivity contribution in [1.29, 1.82) is 0 Å². The molecule has 20 heavy (non-hydrogen) atoms. The van der Waals surface area contributed by atoms with Gasteiger partial charge in [0.05, 0.1) is 15.5 Å². The fraction of sp³-hybridized carbons (Fsp3) is 0.143. The number of rotatable bonds is 4. The normalized spacial score (nSPS) is 12.2. The standard InChI is InChI=1S/C14H11BrFNO3/c15-11-7-10(5-6-12(11)16)14(18)8-9-3-1-2-4-13(9)17(19)20/h1-7,14,18H,8H2. The summed E-state index contributed by atoms with van der Waals surface area (Å²) in [4.78, 5) is 10.4. The van der Waals surface area contributed by atoms with Gasteiger partial charge in [0.2, 0.25) is 0 Å². The van der Waals surface area contributed by atoms with E-state index in [1.165, 1.54) is 24.3 Å².